The van der Waals surface area contributed by atoms with Crippen LogP contribution in [0.5, 0.6) is 0 Å². The second kappa shape index (κ2) is 9.03. The molecular formula is C16H20Cl2N4O3. The first-order valence-electron chi connectivity index (χ1n) is 7.98. The molecule has 4 amide bonds. The number of anilines is 1. The summed E-state index contributed by atoms with van der Waals surface area (Å²) in [6.45, 7) is 2.75. The first-order valence-corrected chi connectivity index (χ1v) is 8.74. The third-order valence-electron chi connectivity index (χ3n) is 3.79. The highest BCUT2D eigenvalue weighted by molar-refractivity contribution is 6.35. The summed E-state index contributed by atoms with van der Waals surface area (Å²) in [5, 5.41) is 8.31. The largest absolute Gasteiger partial charge is 0.338 e. The average molecular weight is 387 g/mol. The second-order valence-electron chi connectivity index (χ2n) is 5.65. The second-order valence-corrected chi connectivity index (χ2v) is 6.49. The van der Waals surface area contributed by atoms with Crippen LogP contribution in [0.25, 0.3) is 0 Å². The van der Waals surface area contributed by atoms with Crippen LogP contribution >= 0.6 is 23.2 Å². The lowest BCUT2D eigenvalue weighted by Crippen LogP contribution is -2.48. The molecule has 1 aliphatic rings. The number of carbonyl (C=O) groups excluding carboxylic acids is 3. The number of benzene rings is 1. The molecule has 0 spiro atoms. The molecule has 0 saturated carbocycles. The van der Waals surface area contributed by atoms with Gasteiger partial charge in [0.1, 0.15) is 0 Å². The molecule has 7 nitrogen and oxygen atoms in total. The Labute approximate surface area is 156 Å². The molecule has 0 bridgehead atoms. The number of rotatable bonds is 5. The topological polar surface area (TPSA) is 90.5 Å². The highest BCUT2D eigenvalue weighted by atomic mass is 35.5. The van der Waals surface area contributed by atoms with Gasteiger partial charge in [-0.3, -0.25) is 19.8 Å². The number of carbonyl (C=O) groups is 3. The van der Waals surface area contributed by atoms with Crippen LogP contribution in [0, 0.1) is 0 Å². The van der Waals surface area contributed by atoms with Crippen LogP contribution in [0.1, 0.15) is 19.8 Å². The van der Waals surface area contributed by atoms with E-state index in [1.165, 1.54) is 0 Å². The Morgan fingerprint density at radius 3 is 2.76 bits per heavy atom. The van der Waals surface area contributed by atoms with Gasteiger partial charge in [-0.1, -0.05) is 23.2 Å². The maximum absolute atomic E-state index is 12.5. The van der Waals surface area contributed by atoms with Gasteiger partial charge >= 0.3 is 6.03 Å². The predicted molar refractivity (Wildman–Crippen MR) is 96.9 cm³/mol. The van der Waals surface area contributed by atoms with E-state index in [9.17, 15) is 14.4 Å². The van der Waals surface area contributed by atoms with Crippen LogP contribution < -0.4 is 16.0 Å². The normalized spacial score (nSPS) is 17.2. The van der Waals surface area contributed by atoms with Crippen molar-refractivity contribution < 1.29 is 14.4 Å². The first kappa shape index (κ1) is 19.5. The lowest BCUT2D eigenvalue weighted by atomic mass is 10.2. The molecule has 1 aliphatic heterocycles. The fourth-order valence-corrected chi connectivity index (χ4v) is 3.01. The summed E-state index contributed by atoms with van der Waals surface area (Å²) in [4.78, 5) is 37.6. The van der Waals surface area contributed by atoms with E-state index in [4.69, 9.17) is 23.2 Å². The Balaban J connectivity index is 1.95. The Morgan fingerprint density at radius 1 is 1.28 bits per heavy atom. The van der Waals surface area contributed by atoms with E-state index >= 15 is 0 Å². The number of nitrogens with one attached hydrogen (secondary N) is 3. The molecule has 1 atom stereocenters. The molecule has 0 aromatic heterocycles. The number of nitrogens with zero attached hydrogens (tertiary/aromatic N) is 1. The number of hydrogen-bond donors (Lipinski definition) is 3. The molecule has 2 rings (SSSR count). The van der Waals surface area contributed by atoms with Crippen molar-refractivity contribution in [3.8, 4) is 0 Å². The van der Waals surface area contributed by atoms with Crippen molar-refractivity contribution in [2.75, 3.05) is 25.0 Å². The Kier molecular flexibility index (Phi) is 7.04. The molecule has 1 saturated heterocycles. The predicted octanol–water partition coefficient (Wildman–Crippen LogP) is 2.24. The molecule has 0 unspecified atom stereocenters. The van der Waals surface area contributed by atoms with Crippen LogP contribution in [0.3, 0.4) is 0 Å². The monoisotopic (exact) mass is 386 g/mol. The van der Waals surface area contributed by atoms with Crippen molar-refractivity contribution in [1.29, 1.82) is 0 Å². The van der Waals surface area contributed by atoms with Crippen LogP contribution in [-0.4, -0.2) is 48.4 Å². The number of halogens is 2. The summed E-state index contributed by atoms with van der Waals surface area (Å²) < 4.78 is 0. The van der Waals surface area contributed by atoms with E-state index in [0.717, 1.165) is 6.42 Å². The molecular weight excluding hydrogens is 367 g/mol. The molecule has 1 heterocycles. The van der Waals surface area contributed by atoms with Crippen LogP contribution in [0.15, 0.2) is 18.2 Å². The molecule has 0 aliphatic carbocycles. The Hall–Kier alpha value is -1.83. The number of imide groups is 1. The minimum atomic E-state index is -0.543. The Morgan fingerprint density at radius 2 is 2.04 bits per heavy atom. The number of amides is 4. The van der Waals surface area contributed by atoms with Gasteiger partial charge in [-0.05, 0) is 44.5 Å². The average Bonchev–Trinajstić information content (AvgIpc) is 2.99. The fourth-order valence-electron chi connectivity index (χ4n) is 2.68. The molecule has 1 aromatic rings. The molecule has 3 N–H and O–H groups in total. The summed E-state index contributed by atoms with van der Waals surface area (Å²) in [6, 6.07) is 3.80. The highest BCUT2D eigenvalue weighted by Gasteiger charge is 2.32. The minimum Gasteiger partial charge on any atom is -0.338 e. The summed E-state index contributed by atoms with van der Waals surface area (Å²) in [6.07, 6.45) is 1.41. The van der Waals surface area contributed by atoms with Gasteiger partial charge in [-0.2, -0.15) is 0 Å². The van der Waals surface area contributed by atoms with Gasteiger partial charge in [-0.25, -0.2) is 4.79 Å². The van der Waals surface area contributed by atoms with Gasteiger partial charge in [-0.15, -0.1) is 0 Å². The first-order chi connectivity index (χ1) is 11.9. The molecule has 1 fully saturated rings. The quantitative estimate of drug-likeness (QED) is 0.723. The summed E-state index contributed by atoms with van der Waals surface area (Å²) in [5.74, 6) is -0.709. The van der Waals surface area contributed by atoms with Crippen molar-refractivity contribution in [3.05, 3.63) is 28.2 Å². The van der Waals surface area contributed by atoms with E-state index in [1.54, 1.807) is 30.0 Å². The SMILES string of the molecule is CCNC(=O)NC(=O)CN1CCC[C@H]1C(=O)Nc1cc(Cl)ccc1Cl. The minimum absolute atomic E-state index is 0.0293. The van der Waals surface area contributed by atoms with Crippen molar-refractivity contribution >= 4 is 46.7 Å². The zero-order valence-electron chi connectivity index (χ0n) is 13.8. The third-order valence-corrected chi connectivity index (χ3v) is 4.35. The van der Waals surface area contributed by atoms with Gasteiger partial charge in [0, 0.05) is 11.6 Å². The summed E-state index contributed by atoms with van der Waals surface area (Å²) in [5.41, 5.74) is 0.429. The van der Waals surface area contributed by atoms with Crippen LogP contribution in [-0.2, 0) is 9.59 Å². The van der Waals surface area contributed by atoms with Crippen molar-refractivity contribution in [2.24, 2.45) is 0 Å². The molecule has 9 heteroatoms. The van der Waals surface area contributed by atoms with Gasteiger partial charge in [0.25, 0.3) is 0 Å². The number of urea groups is 1. The van der Waals surface area contributed by atoms with E-state index in [-0.39, 0.29) is 12.5 Å². The van der Waals surface area contributed by atoms with Gasteiger partial charge < -0.3 is 10.6 Å². The van der Waals surface area contributed by atoms with Gasteiger partial charge in [0.15, 0.2) is 0 Å². The molecule has 1 aromatic carbocycles. The van der Waals surface area contributed by atoms with E-state index in [0.29, 0.717) is 35.2 Å². The van der Waals surface area contributed by atoms with Crippen LogP contribution in [0.4, 0.5) is 10.5 Å². The zero-order valence-corrected chi connectivity index (χ0v) is 15.3. The highest BCUT2D eigenvalue weighted by Crippen LogP contribution is 2.27. The van der Waals surface area contributed by atoms with Crippen molar-refractivity contribution in [3.63, 3.8) is 0 Å². The maximum Gasteiger partial charge on any atom is 0.321 e. The van der Waals surface area contributed by atoms with Crippen LogP contribution in [0.2, 0.25) is 10.0 Å². The maximum atomic E-state index is 12.5. The van der Waals surface area contributed by atoms with E-state index < -0.39 is 18.0 Å². The zero-order chi connectivity index (χ0) is 18.4. The number of likely N-dealkylation sites (tertiary alicyclic amines) is 1. The van der Waals surface area contributed by atoms with Gasteiger partial charge in [0.2, 0.25) is 11.8 Å². The fraction of sp³-hybridized carbons (Fsp3) is 0.438. The molecule has 25 heavy (non-hydrogen) atoms. The van der Waals surface area contributed by atoms with Crippen molar-refractivity contribution in [2.45, 2.75) is 25.8 Å². The third kappa shape index (κ3) is 5.59. The van der Waals surface area contributed by atoms with Gasteiger partial charge in [0.05, 0.1) is 23.3 Å². The summed E-state index contributed by atoms with van der Waals surface area (Å²) in [7, 11) is 0. The van der Waals surface area contributed by atoms with Crippen molar-refractivity contribution in [1.82, 2.24) is 15.5 Å². The summed E-state index contributed by atoms with van der Waals surface area (Å²) >= 11 is 12.0. The van der Waals surface area contributed by atoms with E-state index in [2.05, 4.69) is 16.0 Å². The standard InChI is InChI=1S/C16H20Cl2N4O3/c1-2-19-16(25)21-14(23)9-22-7-3-4-13(22)15(24)20-12-8-10(17)5-6-11(12)18/h5-6,8,13H,2-4,7,9H2,1H3,(H,20,24)(H2,19,21,23,25)/t13-/m0/s1. The molecule has 136 valence electrons. The smallest absolute Gasteiger partial charge is 0.321 e. The lowest BCUT2D eigenvalue weighted by molar-refractivity contribution is -0.124. The number of hydrogen-bond acceptors (Lipinski definition) is 4. The lowest BCUT2D eigenvalue weighted by Gasteiger charge is -2.23. The van der Waals surface area contributed by atoms with E-state index in [1.807, 2.05) is 0 Å². The Bertz CT molecular complexity index is 669. The molecule has 0 radical (unpaired) electrons.